The Labute approximate surface area is 149 Å². The second-order valence-corrected chi connectivity index (χ2v) is 8.04. The van der Waals surface area contributed by atoms with Crippen molar-refractivity contribution in [1.29, 1.82) is 0 Å². The molecule has 2 aliphatic carbocycles. The zero-order chi connectivity index (χ0) is 18.6. The van der Waals surface area contributed by atoms with Crippen molar-refractivity contribution in [3.8, 4) is 0 Å². The summed E-state index contributed by atoms with van der Waals surface area (Å²) >= 11 is 0. The highest BCUT2D eigenvalue weighted by molar-refractivity contribution is 5.93. The van der Waals surface area contributed by atoms with Crippen molar-refractivity contribution >= 4 is 11.9 Å². The molecule has 0 aromatic rings. The van der Waals surface area contributed by atoms with Gasteiger partial charge in [0.15, 0.2) is 0 Å². The maximum absolute atomic E-state index is 12.5. The lowest BCUT2D eigenvalue weighted by Gasteiger charge is -2.59. The molecule has 0 amide bonds. The summed E-state index contributed by atoms with van der Waals surface area (Å²) < 4.78 is 11.4. The van der Waals surface area contributed by atoms with Gasteiger partial charge in [-0.05, 0) is 39.5 Å². The van der Waals surface area contributed by atoms with Crippen molar-refractivity contribution in [3.05, 3.63) is 22.8 Å². The van der Waals surface area contributed by atoms with Crippen LogP contribution in [0.3, 0.4) is 0 Å². The van der Waals surface area contributed by atoms with E-state index in [0.29, 0.717) is 24.0 Å². The largest absolute Gasteiger partial charge is 0.454 e. The summed E-state index contributed by atoms with van der Waals surface area (Å²) in [7, 11) is 0. The number of hydrogen-bond donors (Lipinski definition) is 1. The van der Waals surface area contributed by atoms with Crippen LogP contribution in [0.25, 0.3) is 0 Å². The quantitative estimate of drug-likeness (QED) is 0.613. The Morgan fingerprint density at radius 3 is 2.76 bits per heavy atom. The molecule has 0 aromatic carbocycles. The number of carbonyl (C=O) groups is 2. The standard InChI is InChI=1S/C20H28O5/c1-6-11(2)17(21)25-16-15-13(4)18(22)24-14(15)10-20(23)9-7-8-12(3)19(16,20)5/h6,12,14,16,23H,7-10H2,1-5H3/t12-,14-,16+,19-,20-/m0/s1. The molecule has 0 aromatic heterocycles. The number of hydrogen-bond acceptors (Lipinski definition) is 5. The van der Waals surface area contributed by atoms with Gasteiger partial charge in [0.1, 0.15) is 12.2 Å². The molecule has 1 heterocycles. The highest BCUT2D eigenvalue weighted by Gasteiger charge is 2.65. The Balaban J connectivity index is 2.12. The molecule has 3 rings (SSSR count). The van der Waals surface area contributed by atoms with E-state index in [0.717, 1.165) is 18.4 Å². The summed E-state index contributed by atoms with van der Waals surface area (Å²) in [5, 5.41) is 11.5. The van der Waals surface area contributed by atoms with Crippen LogP contribution >= 0.6 is 0 Å². The molecule has 1 N–H and O–H groups in total. The van der Waals surface area contributed by atoms with E-state index in [1.165, 1.54) is 0 Å². The number of allylic oxidation sites excluding steroid dienone is 1. The highest BCUT2D eigenvalue weighted by atomic mass is 16.6. The Kier molecular flexibility index (Phi) is 4.34. The van der Waals surface area contributed by atoms with Gasteiger partial charge in [0.25, 0.3) is 0 Å². The van der Waals surface area contributed by atoms with Crippen LogP contribution < -0.4 is 0 Å². The van der Waals surface area contributed by atoms with Crippen LogP contribution in [-0.4, -0.2) is 34.9 Å². The summed E-state index contributed by atoms with van der Waals surface area (Å²) in [4.78, 5) is 24.7. The summed E-state index contributed by atoms with van der Waals surface area (Å²) in [6, 6.07) is 0. The van der Waals surface area contributed by atoms with Crippen LogP contribution in [0.5, 0.6) is 0 Å². The fourth-order valence-corrected chi connectivity index (χ4v) is 4.84. The third-order valence-corrected chi connectivity index (χ3v) is 6.92. The van der Waals surface area contributed by atoms with Gasteiger partial charge in [-0.25, -0.2) is 9.59 Å². The van der Waals surface area contributed by atoms with E-state index < -0.39 is 29.2 Å². The Bertz CT molecular complexity index is 676. The first-order valence-corrected chi connectivity index (χ1v) is 9.13. The molecule has 3 aliphatic rings. The van der Waals surface area contributed by atoms with Crippen LogP contribution in [0, 0.1) is 11.3 Å². The van der Waals surface area contributed by atoms with Crippen LogP contribution in [-0.2, 0) is 19.1 Å². The van der Waals surface area contributed by atoms with E-state index in [1.54, 1.807) is 26.8 Å². The van der Waals surface area contributed by atoms with Gasteiger partial charge in [-0.2, -0.15) is 0 Å². The minimum atomic E-state index is -1.02. The SMILES string of the molecule is CC=C(C)C(=O)O[C@@H]1C2=C(C)C(=O)O[C@H]2C[C@@]2(O)CCC[C@H](C)[C@@]12C. The minimum Gasteiger partial charge on any atom is -0.454 e. The smallest absolute Gasteiger partial charge is 0.334 e. The van der Waals surface area contributed by atoms with Gasteiger partial charge < -0.3 is 14.6 Å². The lowest BCUT2D eigenvalue weighted by Crippen LogP contribution is -2.65. The maximum atomic E-state index is 12.5. The Morgan fingerprint density at radius 2 is 2.12 bits per heavy atom. The van der Waals surface area contributed by atoms with Crippen LogP contribution in [0.4, 0.5) is 0 Å². The molecule has 5 heteroatoms. The summed E-state index contributed by atoms with van der Waals surface area (Å²) in [6.45, 7) is 9.32. The molecule has 0 saturated heterocycles. The van der Waals surface area contributed by atoms with Gasteiger partial charge in [0, 0.05) is 28.6 Å². The maximum Gasteiger partial charge on any atom is 0.334 e. The first-order chi connectivity index (χ1) is 11.7. The molecule has 0 radical (unpaired) electrons. The average molecular weight is 348 g/mol. The highest BCUT2D eigenvalue weighted by Crippen LogP contribution is 2.59. The zero-order valence-electron chi connectivity index (χ0n) is 15.7. The van der Waals surface area contributed by atoms with E-state index >= 15 is 0 Å². The topological polar surface area (TPSA) is 72.8 Å². The minimum absolute atomic E-state index is 0.159. The first kappa shape index (κ1) is 18.2. The van der Waals surface area contributed by atoms with Crippen molar-refractivity contribution in [2.45, 2.75) is 78.1 Å². The van der Waals surface area contributed by atoms with Crippen LogP contribution in [0.15, 0.2) is 22.8 Å². The van der Waals surface area contributed by atoms with Crippen molar-refractivity contribution in [1.82, 2.24) is 0 Å². The zero-order valence-corrected chi connectivity index (χ0v) is 15.7. The normalized spacial score (nSPS) is 41.1. The van der Waals surface area contributed by atoms with E-state index in [4.69, 9.17) is 9.47 Å². The molecule has 0 bridgehead atoms. The van der Waals surface area contributed by atoms with Crippen molar-refractivity contribution < 1.29 is 24.2 Å². The molecule has 2 fully saturated rings. The third kappa shape index (κ3) is 2.47. The summed E-state index contributed by atoms with van der Waals surface area (Å²) in [5.41, 5.74) is 0.112. The molecule has 0 spiro atoms. The predicted octanol–water partition coefficient (Wildman–Crippen LogP) is 3.07. The molecule has 0 unspecified atom stereocenters. The second-order valence-electron chi connectivity index (χ2n) is 8.04. The van der Waals surface area contributed by atoms with E-state index in [-0.39, 0.29) is 11.9 Å². The van der Waals surface area contributed by atoms with E-state index in [1.807, 2.05) is 6.92 Å². The van der Waals surface area contributed by atoms with Gasteiger partial charge in [0.05, 0.1) is 5.60 Å². The Morgan fingerprint density at radius 1 is 1.44 bits per heavy atom. The molecule has 5 atom stereocenters. The average Bonchev–Trinajstić information content (AvgIpc) is 2.83. The number of ether oxygens (including phenoxy) is 2. The first-order valence-electron chi connectivity index (χ1n) is 9.13. The van der Waals surface area contributed by atoms with Crippen LogP contribution in [0.2, 0.25) is 0 Å². The molecular formula is C20H28O5. The molecule has 2 saturated carbocycles. The van der Waals surface area contributed by atoms with Crippen molar-refractivity contribution in [3.63, 3.8) is 0 Å². The molecule has 1 aliphatic heterocycles. The molecular weight excluding hydrogens is 320 g/mol. The fraction of sp³-hybridized carbons (Fsp3) is 0.700. The third-order valence-electron chi connectivity index (χ3n) is 6.92. The monoisotopic (exact) mass is 348 g/mol. The number of carbonyl (C=O) groups excluding carboxylic acids is 2. The van der Waals surface area contributed by atoms with Crippen molar-refractivity contribution in [2.24, 2.45) is 11.3 Å². The summed E-state index contributed by atoms with van der Waals surface area (Å²) in [5.74, 6) is -0.622. The van der Waals surface area contributed by atoms with E-state index in [2.05, 4.69) is 6.92 Å². The fourth-order valence-electron chi connectivity index (χ4n) is 4.84. The molecule has 138 valence electrons. The van der Waals surface area contributed by atoms with Gasteiger partial charge in [-0.1, -0.05) is 26.3 Å². The van der Waals surface area contributed by atoms with Gasteiger partial charge >= 0.3 is 11.9 Å². The molecule has 5 nitrogen and oxygen atoms in total. The van der Waals surface area contributed by atoms with E-state index in [9.17, 15) is 14.7 Å². The second kappa shape index (κ2) is 5.97. The van der Waals surface area contributed by atoms with Gasteiger partial charge in [0.2, 0.25) is 0 Å². The van der Waals surface area contributed by atoms with Crippen molar-refractivity contribution in [2.75, 3.05) is 0 Å². The number of fused-ring (bicyclic) bond motifs is 2. The van der Waals surface area contributed by atoms with Crippen LogP contribution in [0.1, 0.15) is 60.3 Å². The van der Waals surface area contributed by atoms with Gasteiger partial charge in [-0.15, -0.1) is 0 Å². The predicted molar refractivity (Wildman–Crippen MR) is 92.6 cm³/mol. The van der Waals surface area contributed by atoms with Gasteiger partial charge in [-0.3, -0.25) is 0 Å². The number of esters is 2. The number of aliphatic hydroxyl groups is 1. The Hall–Kier alpha value is -1.62. The lowest BCUT2D eigenvalue weighted by atomic mass is 9.50. The lowest BCUT2D eigenvalue weighted by molar-refractivity contribution is -0.217. The number of rotatable bonds is 2. The molecule has 25 heavy (non-hydrogen) atoms. The summed E-state index contributed by atoms with van der Waals surface area (Å²) in [6.07, 6.45) is 3.44.